The standard InChI is InChI=1S/C22H26N4O4/c1-5-26(13-21(27)23-15-8-6-7-14(2)9-15)12-20-24-17-11-19(30-4)18(29-3)10-16(17)22(28)25-20/h6-11H,5,12-13H2,1-4H3,(H,23,27)(H,24,25,28). The first kappa shape index (κ1) is 21.3. The summed E-state index contributed by atoms with van der Waals surface area (Å²) in [6.45, 7) is 5.05. The summed E-state index contributed by atoms with van der Waals surface area (Å²) in [5.74, 6) is 1.31. The molecule has 0 aliphatic rings. The van der Waals surface area contributed by atoms with Crippen molar-refractivity contribution in [1.29, 1.82) is 0 Å². The van der Waals surface area contributed by atoms with Gasteiger partial charge in [-0.25, -0.2) is 4.98 Å². The molecule has 1 aromatic heterocycles. The molecule has 8 nitrogen and oxygen atoms in total. The number of ether oxygens (including phenoxy) is 2. The van der Waals surface area contributed by atoms with E-state index in [4.69, 9.17) is 9.47 Å². The van der Waals surface area contributed by atoms with E-state index in [2.05, 4.69) is 15.3 Å². The second-order valence-corrected chi connectivity index (χ2v) is 6.96. The minimum Gasteiger partial charge on any atom is -0.493 e. The summed E-state index contributed by atoms with van der Waals surface area (Å²) >= 11 is 0. The molecule has 158 valence electrons. The molecule has 1 amide bonds. The minimum atomic E-state index is -0.267. The number of fused-ring (bicyclic) bond motifs is 1. The molecule has 0 atom stereocenters. The van der Waals surface area contributed by atoms with Crippen LogP contribution in [0.2, 0.25) is 0 Å². The molecule has 0 unspecified atom stereocenters. The minimum absolute atomic E-state index is 0.128. The van der Waals surface area contributed by atoms with Gasteiger partial charge in [-0.15, -0.1) is 0 Å². The number of carbonyl (C=O) groups excluding carboxylic acids is 1. The fraction of sp³-hybridized carbons (Fsp3) is 0.318. The summed E-state index contributed by atoms with van der Waals surface area (Å²) < 4.78 is 10.6. The summed E-state index contributed by atoms with van der Waals surface area (Å²) in [6, 6.07) is 10.9. The highest BCUT2D eigenvalue weighted by molar-refractivity contribution is 5.92. The summed E-state index contributed by atoms with van der Waals surface area (Å²) in [6.07, 6.45) is 0. The van der Waals surface area contributed by atoms with E-state index in [-0.39, 0.29) is 18.0 Å². The molecule has 30 heavy (non-hydrogen) atoms. The van der Waals surface area contributed by atoms with Crippen molar-refractivity contribution in [2.75, 3.05) is 32.6 Å². The molecule has 0 fully saturated rings. The molecule has 0 saturated heterocycles. The molecule has 0 spiro atoms. The normalized spacial score (nSPS) is 11.0. The number of likely N-dealkylation sites (N-methyl/N-ethyl adjacent to an activating group) is 1. The van der Waals surface area contributed by atoms with Gasteiger partial charge in [0.1, 0.15) is 5.82 Å². The Bertz CT molecular complexity index is 1110. The number of nitrogens with zero attached hydrogens (tertiary/aromatic N) is 2. The van der Waals surface area contributed by atoms with Crippen LogP contribution >= 0.6 is 0 Å². The van der Waals surface area contributed by atoms with Crippen LogP contribution in [0.1, 0.15) is 18.3 Å². The molecule has 0 radical (unpaired) electrons. The molecular weight excluding hydrogens is 384 g/mol. The first-order valence-electron chi connectivity index (χ1n) is 9.67. The molecule has 0 aliphatic heterocycles. The Kier molecular flexibility index (Phi) is 6.68. The van der Waals surface area contributed by atoms with E-state index >= 15 is 0 Å². The van der Waals surface area contributed by atoms with Gasteiger partial charge in [-0.1, -0.05) is 19.1 Å². The maximum atomic E-state index is 12.5. The highest BCUT2D eigenvalue weighted by Crippen LogP contribution is 2.29. The van der Waals surface area contributed by atoms with Crippen LogP contribution in [-0.2, 0) is 11.3 Å². The maximum Gasteiger partial charge on any atom is 0.258 e. The molecule has 2 N–H and O–H groups in total. The van der Waals surface area contributed by atoms with Crippen molar-refractivity contribution < 1.29 is 14.3 Å². The van der Waals surface area contributed by atoms with E-state index in [1.54, 1.807) is 12.1 Å². The summed E-state index contributed by atoms with van der Waals surface area (Å²) in [5, 5.41) is 3.31. The van der Waals surface area contributed by atoms with Crippen LogP contribution in [0.5, 0.6) is 11.5 Å². The van der Waals surface area contributed by atoms with Crippen LogP contribution < -0.4 is 20.3 Å². The van der Waals surface area contributed by atoms with Gasteiger partial charge in [0.2, 0.25) is 5.91 Å². The van der Waals surface area contributed by atoms with Crippen LogP contribution in [-0.4, -0.2) is 48.1 Å². The zero-order valence-electron chi connectivity index (χ0n) is 17.6. The lowest BCUT2D eigenvalue weighted by molar-refractivity contribution is -0.117. The second-order valence-electron chi connectivity index (χ2n) is 6.96. The number of aromatic nitrogens is 2. The molecule has 8 heteroatoms. The number of hydrogen-bond acceptors (Lipinski definition) is 6. The summed E-state index contributed by atoms with van der Waals surface area (Å²) in [5.41, 5.74) is 2.07. The number of benzene rings is 2. The van der Waals surface area contributed by atoms with Crippen LogP contribution in [0.4, 0.5) is 5.69 Å². The van der Waals surface area contributed by atoms with Gasteiger partial charge < -0.3 is 19.8 Å². The van der Waals surface area contributed by atoms with E-state index in [0.29, 0.717) is 41.3 Å². The van der Waals surface area contributed by atoms with Crippen molar-refractivity contribution in [2.24, 2.45) is 0 Å². The molecular formula is C22H26N4O4. The lowest BCUT2D eigenvalue weighted by atomic mass is 10.2. The van der Waals surface area contributed by atoms with Gasteiger partial charge in [0.15, 0.2) is 11.5 Å². The average Bonchev–Trinajstić information content (AvgIpc) is 2.72. The zero-order chi connectivity index (χ0) is 21.7. The van der Waals surface area contributed by atoms with E-state index in [1.165, 1.54) is 14.2 Å². The van der Waals surface area contributed by atoms with Crippen molar-refractivity contribution >= 4 is 22.5 Å². The first-order chi connectivity index (χ1) is 14.4. The third-order valence-electron chi connectivity index (χ3n) is 4.75. The van der Waals surface area contributed by atoms with Crippen molar-refractivity contribution in [3.8, 4) is 11.5 Å². The van der Waals surface area contributed by atoms with Gasteiger partial charge >= 0.3 is 0 Å². The molecule has 2 aromatic carbocycles. The van der Waals surface area contributed by atoms with Crippen molar-refractivity contribution in [3.63, 3.8) is 0 Å². The van der Waals surface area contributed by atoms with Gasteiger partial charge in [0, 0.05) is 11.8 Å². The predicted molar refractivity (Wildman–Crippen MR) is 116 cm³/mol. The number of hydrogen-bond donors (Lipinski definition) is 2. The number of methoxy groups -OCH3 is 2. The number of aromatic amines is 1. The van der Waals surface area contributed by atoms with E-state index in [0.717, 1.165) is 11.3 Å². The molecule has 3 aromatic rings. The average molecular weight is 410 g/mol. The number of nitrogens with one attached hydrogen (secondary N) is 2. The van der Waals surface area contributed by atoms with Gasteiger partial charge in [-0.3, -0.25) is 14.5 Å². The van der Waals surface area contributed by atoms with Gasteiger partial charge in [0.25, 0.3) is 5.56 Å². The molecule has 0 bridgehead atoms. The Hall–Kier alpha value is -3.39. The number of H-pyrrole nitrogens is 1. The Balaban J connectivity index is 1.77. The van der Waals surface area contributed by atoms with Crippen LogP contribution in [0, 0.1) is 6.92 Å². The highest BCUT2D eigenvalue weighted by atomic mass is 16.5. The zero-order valence-corrected chi connectivity index (χ0v) is 17.6. The first-order valence-corrected chi connectivity index (χ1v) is 9.67. The molecule has 3 rings (SSSR count). The topological polar surface area (TPSA) is 96.6 Å². The summed E-state index contributed by atoms with van der Waals surface area (Å²) in [7, 11) is 3.05. The monoisotopic (exact) mass is 410 g/mol. The summed E-state index contributed by atoms with van der Waals surface area (Å²) in [4.78, 5) is 34.2. The number of amides is 1. The SMILES string of the molecule is CCN(CC(=O)Nc1cccc(C)c1)Cc1nc2cc(OC)c(OC)cc2c(=O)[nH]1. The van der Waals surface area contributed by atoms with Crippen LogP contribution in [0.25, 0.3) is 10.9 Å². The van der Waals surface area contributed by atoms with E-state index in [9.17, 15) is 9.59 Å². The van der Waals surface area contributed by atoms with E-state index in [1.807, 2.05) is 43.0 Å². The number of rotatable bonds is 8. The van der Waals surface area contributed by atoms with Crippen molar-refractivity contribution in [3.05, 3.63) is 58.1 Å². The number of anilines is 1. The van der Waals surface area contributed by atoms with E-state index < -0.39 is 0 Å². The largest absolute Gasteiger partial charge is 0.493 e. The molecule has 0 saturated carbocycles. The second kappa shape index (κ2) is 9.41. The number of aryl methyl sites for hydroxylation is 1. The Morgan fingerprint density at radius 3 is 2.57 bits per heavy atom. The fourth-order valence-corrected chi connectivity index (χ4v) is 3.21. The predicted octanol–water partition coefficient (Wildman–Crippen LogP) is 2.71. The smallest absolute Gasteiger partial charge is 0.258 e. The van der Waals surface area contributed by atoms with Gasteiger partial charge in [-0.2, -0.15) is 0 Å². The van der Waals surface area contributed by atoms with Gasteiger partial charge in [-0.05, 0) is 37.2 Å². The third-order valence-corrected chi connectivity index (χ3v) is 4.75. The third kappa shape index (κ3) is 4.96. The van der Waals surface area contributed by atoms with Crippen LogP contribution in [0.15, 0.2) is 41.2 Å². The maximum absolute atomic E-state index is 12.5. The molecule has 0 aliphatic carbocycles. The molecule has 1 heterocycles. The van der Waals surface area contributed by atoms with Crippen molar-refractivity contribution in [2.45, 2.75) is 20.4 Å². The quantitative estimate of drug-likeness (QED) is 0.593. The fourth-order valence-electron chi connectivity index (χ4n) is 3.21. The van der Waals surface area contributed by atoms with Crippen LogP contribution in [0.3, 0.4) is 0 Å². The Morgan fingerprint density at radius 2 is 1.90 bits per heavy atom. The highest BCUT2D eigenvalue weighted by Gasteiger charge is 2.14. The Morgan fingerprint density at radius 1 is 1.17 bits per heavy atom. The lowest BCUT2D eigenvalue weighted by Gasteiger charge is -2.19. The number of carbonyl (C=O) groups is 1. The lowest BCUT2D eigenvalue weighted by Crippen LogP contribution is -2.33. The Labute approximate surface area is 174 Å². The van der Waals surface area contributed by atoms with Crippen molar-refractivity contribution in [1.82, 2.24) is 14.9 Å². The van der Waals surface area contributed by atoms with Gasteiger partial charge in [0.05, 0.1) is 38.2 Å².